The Balaban J connectivity index is 2.46. The summed E-state index contributed by atoms with van der Waals surface area (Å²) in [6.07, 6.45) is 0.781. The van der Waals surface area contributed by atoms with Gasteiger partial charge in [-0.2, -0.15) is 0 Å². The van der Waals surface area contributed by atoms with Gasteiger partial charge in [-0.25, -0.2) is 13.8 Å². The van der Waals surface area contributed by atoms with Crippen LogP contribution < -0.4 is 5.32 Å². The Morgan fingerprint density at radius 3 is 2.62 bits per heavy atom. The normalized spacial score (nSPS) is 12.9. The summed E-state index contributed by atoms with van der Waals surface area (Å²) >= 11 is 0. The van der Waals surface area contributed by atoms with Crippen LogP contribution in [0.15, 0.2) is 18.2 Å². The molecule has 0 spiro atoms. The van der Waals surface area contributed by atoms with Crippen LogP contribution in [0.1, 0.15) is 26.0 Å². The van der Waals surface area contributed by atoms with Crippen LogP contribution in [0.25, 0.3) is 10.9 Å². The highest BCUT2D eigenvalue weighted by atomic mass is 19.2. The minimum atomic E-state index is -0.941. The van der Waals surface area contributed by atoms with Gasteiger partial charge in [0.25, 0.3) is 0 Å². The van der Waals surface area contributed by atoms with E-state index in [9.17, 15) is 13.9 Å². The topological polar surface area (TPSA) is 45.1 Å². The van der Waals surface area contributed by atoms with E-state index >= 15 is 0 Å². The third-order valence-corrected chi connectivity index (χ3v) is 3.34. The molecule has 1 atom stereocenters. The summed E-state index contributed by atoms with van der Waals surface area (Å²) in [7, 11) is 0. The summed E-state index contributed by atoms with van der Waals surface area (Å²) in [5.74, 6) is -1.44. The average Bonchev–Trinajstić information content (AvgIpc) is 2.42. The summed E-state index contributed by atoms with van der Waals surface area (Å²) in [5, 5.41) is 13.2. The number of aromatic nitrogens is 1. The molecule has 0 radical (unpaired) electrons. The third-order valence-electron chi connectivity index (χ3n) is 3.34. The first-order chi connectivity index (χ1) is 9.92. The van der Waals surface area contributed by atoms with Gasteiger partial charge in [0, 0.05) is 22.8 Å². The van der Waals surface area contributed by atoms with Crippen molar-refractivity contribution in [2.24, 2.45) is 5.92 Å². The van der Waals surface area contributed by atoms with Crippen molar-refractivity contribution in [2.45, 2.75) is 33.2 Å². The highest BCUT2D eigenvalue weighted by Gasteiger charge is 2.15. The van der Waals surface area contributed by atoms with Gasteiger partial charge in [-0.3, -0.25) is 0 Å². The van der Waals surface area contributed by atoms with Crippen LogP contribution in [0.5, 0.6) is 0 Å². The van der Waals surface area contributed by atoms with Gasteiger partial charge < -0.3 is 10.4 Å². The van der Waals surface area contributed by atoms with E-state index in [1.807, 2.05) is 0 Å². The Labute approximate surface area is 123 Å². The predicted octanol–water partition coefficient (Wildman–Crippen LogP) is 3.64. The molecule has 1 unspecified atom stereocenters. The van der Waals surface area contributed by atoms with Crippen LogP contribution in [-0.4, -0.2) is 22.7 Å². The molecule has 0 saturated heterocycles. The van der Waals surface area contributed by atoms with E-state index in [0.29, 0.717) is 22.7 Å². The number of hydrogen-bond acceptors (Lipinski definition) is 3. The fourth-order valence-corrected chi connectivity index (χ4v) is 2.45. The molecule has 0 saturated carbocycles. The summed E-state index contributed by atoms with van der Waals surface area (Å²) in [5.41, 5.74) is 1.27. The Bertz CT molecular complexity index is 644. The number of aliphatic hydroxyl groups excluding tert-OH is 1. The average molecular weight is 294 g/mol. The highest BCUT2D eigenvalue weighted by Crippen LogP contribution is 2.27. The highest BCUT2D eigenvalue weighted by molar-refractivity contribution is 5.92. The number of anilines is 1. The maximum atomic E-state index is 13.9. The molecule has 21 heavy (non-hydrogen) atoms. The van der Waals surface area contributed by atoms with Crippen molar-refractivity contribution in [2.75, 3.05) is 11.9 Å². The fraction of sp³-hybridized carbons (Fsp3) is 0.438. The second-order valence-corrected chi connectivity index (χ2v) is 5.72. The zero-order valence-corrected chi connectivity index (χ0v) is 12.5. The van der Waals surface area contributed by atoms with Crippen LogP contribution in [0.2, 0.25) is 0 Å². The van der Waals surface area contributed by atoms with Gasteiger partial charge >= 0.3 is 0 Å². The lowest BCUT2D eigenvalue weighted by Crippen LogP contribution is -2.25. The van der Waals surface area contributed by atoms with Crippen molar-refractivity contribution in [1.82, 2.24) is 4.98 Å². The summed E-state index contributed by atoms with van der Waals surface area (Å²) in [6.45, 7) is 5.83. The van der Waals surface area contributed by atoms with Crippen LogP contribution in [0.4, 0.5) is 14.5 Å². The van der Waals surface area contributed by atoms with Gasteiger partial charge in [-0.05, 0) is 37.5 Å². The van der Waals surface area contributed by atoms with Crippen LogP contribution in [0, 0.1) is 24.5 Å². The largest absolute Gasteiger partial charge is 0.394 e. The van der Waals surface area contributed by atoms with Crippen molar-refractivity contribution in [3.8, 4) is 0 Å². The van der Waals surface area contributed by atoms with Crippen molar-refractivity contribution < 1.29 is 13.9 Å². The third kappa shape index (κ3) is 3.47. The van der Waals surface area contributed by atoms with Crippen LogP contribution >= 0.6 is 0 Å². The van der Waals surface area contributed by atoms with Crippen LogP contribution in [0.3, 0.4) is 0 Å². The fourth-order valence-electron chi connectivity index (χ4n) is 2.45. The van der Waals surface area contributed by atoms with Crippen molar-refractivity contribution >= 4 is 16.6 Å². The molecule has 0 fully saturated rings. The zero-order chi connectivity index (χ0) is 15.6. The monoisotopic (exact) mass is 294 g/mol. The second kappa shape index (κ2) is 6.35. The van der Waals surface area contributed by atoms with Crippen molar-refractivity contribution in [3.05, 3.63) is 35.5 Å². The van der Waals surface area contributed by atoms with Gasteiger partial charge in [0.2, 0.25) is 0 Å². The molecule has 0 aliphatic carbocycles. The minimum Gasteiger partial charge on any atom is -0.394 e. The molecule has 114 valence electrons. The molecular formula is C16H20F2N2O. The Hall–Kier alpha value is -1.75. The number of nitrogens with zero attached hydrogens (tertiary/aromatic N) is 1. The molecule has 1 aromatic heterocycles. The number of aryl methyl sites for hydroxylation is 1. The molecule has 0 amide bonds. The van der Waals surface area contributed by atoms with Gasteiger partial charge in [0.05, 0.1) is 6.61 Å². The van der Waals surface area contributed by atoms with Gasteiger partial charge in [-0.1, -0.05) is 13.8 Å². The van der Waals surface area contributed by atoms with E-state index in [-0.39, 0.29) is 18.2 Å². The van der Waals surface area contributed by atoms with E-state index in [2.05, 4.69) is 24.1 Å². The number of fused-ring (bicyclic) bond motifs is 1. The molecular weight excluding hydrogens is 274 g/mol. The molecule has 2 aromatic rings. The maximum absolute atomic E-state index is 13.9. The number of aliphatic hydroxyl groups is 1. The lowest BCUT2D eigenvalue weighted by molar-refractivity contribution is 0.259. The van der Waals surface area contributed by atoms with Crippen molar-refractivity contribution in [3.63, 3.8) is 0 Å². The number of rotatable bonds is 5. The molecule has 3 nitrogen and oxygen atoms in total. The summed E-state index contributed by atoms with van der Waals surface area (Å²) < 4.78 is 27.2. The van der Waals surface area contributed by atoms with Crippen molar-refractivity contribution in [1.29, 1.82) is 0 Å². The Morgan fingerprint density at radius 2 is 2.00 bits per heavy atom. The number of nitrogens with one attached hydrogen (secondary N) is 1. The Morgan fingerprint density at radius 1 is 1.29 bits per heavy atom. The SMILES string of the molecule is Cc1cc(NC(CO)CC(C)C)c2ccc(F)c(F)c2n1. The number of pyridine rings is 1. The first kappa shape index (κ1) is 15.6. The smallest absolute Gasteiger partial charge is 0.185 e. The quantitative estimate of drug-likeness (QED) is 0.885. The van der Waals surface area contributed by atoms with E-state index in [1.54, 1.807) is 13.0 Å². The Kier molecular flexibility index (Phi) is 4.73. The van der Waals surface area contributed by atoms with Gasteiger partial charge in [0.15, 0.2) is 11.6 Å². The number of hydrogen-bond donors (Lipinski definition) is 2. The molecule has 2 rings (SSSR count). The predicted molar refractivity (Wildman–Crippen MR) is 80.3 cm³/mol. The maximum Gasteiger partial charge on any atom is 0.185 e. The molecule has 1 heterocycles. The first-order valence-electron chi connectivity index (χ1n) is 7.05. The van der Waals surface area contributed by atoms with Crippen LogP contribution in [-0.2, 0) is 0 Å². The standard InChI is InChI=1S/C16H20F2N2O/c1-9(2)6-11(8-21)20-14-7-10(3)19-16-12(14)4-5-13(17)15(16)18/h4-5,7,9,11,21H,6,8H2,1-3H3,(H,19,20). The molecule has 0 aliphatic rings. The first-order valence-corrected chi connectivity index (χ1v) is 7.05. The lowest BCUT2D eigenvalue weighted by atomic mass is 10.0. The lowest BCUT2D eigenvalue weighted by Gasteiger charge is -2.21. The van der Waals surface area contributed by atoms with E-state index < -0.39 is 11.6 Å². The van der Waals surface area contributed by atoms with E-state index in [1.165, 1.54) is 6.07 Å². The van der Waals surface area contributed by atoms with Gasteiger partial charge in [0.1, 0.15) is 5.52 Å². The number of benzene rings is 1. The molecule has 0 bridgehead atoms. The molecule has 2 N–H and O–H groups in total. The van der Waals surface area contributed by atoms with E-state index in [4.69, 9.17) is 0 Å². The molecule has 1 aromatic carbocycles. The minimum absolute atomic E-state index is 0.0127. The van der Waals surface area contributed by atoms with E-state index in [0.717, 1.165) is 12.5 Å². The summed E-state index contributed by atoms with van der Waals surface area (Å²) in [6, 6.07) is 4.24. The summed E-state index contributed by atoms with van der Waals surface area (Å²) in [4.78, 5) is 4.07. The number of halogens is 2. The molecule has 5 heteroatoms. The van der Waals surface area contributed by atoms with Gasteiger partial charge in [-0.15, -0.1) is 0 Å². The zero-order valence-electron chi connectivity index (χ0n) is 12.5. The molecule has 0 aliphatic heterocycles. The second-order valence-electron chi connectivity index (χ2n) is 5.72.